The molecule has 10 bridgehead atoms. The summed E-state index contributed by atoms with van der Waals surface area (Å²) in [5, 5.41) is 51.4. The molecule has 0 amide bonds. The molecule has 0 N–H and O–H groups in total. The fourth-order valence-corrected chi connectivity index (χ4v) is 4.83. The minimum absolute atomic E-state index is 0.575. The average Bonchev–Trinajstić information content (AvgIpc) is 3.85. The molecule has 9 rings (SSSR count). The van der Waals surface area contributed by atoms with Gasteiger partial charge < -0.3 is 0 Å². The lowest BCUT2D eigenvalue weighted by Crippen LogP contribution is -2.07. The second-order valence-corrected chi connectivity index (χ2v) is 10.1. The molecule has 0 saturated heterocycles. The van der Waals surface area contributed by atoms with E-state index in [1.165, 1.54) is 0 Å². The fraction of sp³-hybridized carbons (Fsp3) is 0.385. The van der Waals surface area contributed by atoms with Crippen molar-refractivity contribution in [2.75, 3.05) is 0 Å². The molecule has 16 heteroatoms. The monoisotopic (exact) mass is 564 g/mol. The molecule has 212 valence electrons. The maximum absolute atomic E-state index is 4.56. The SMILES string of the molecule is c1cc2ccc1-c1nnn(n1)CCCCCCn1nnc(n1)-c1ccc(cc1)-c1nnnn1CCCCn1nnc-2n1. The molecule has 0 saturated carbocycles. The van der Waals surface area contributed by atoms with Gasteiger partial charge in [0.05, 0.1) is 19.6 Å². The molecule has 0 atom stereocenters. The van der Waals surface area contributed by atoms with E-state index in [0.717, 1.165) is 60.8 Å². The molecule has 42 heavy (non-hydrogen) atoms. The van der Waals surface area contributed by atoms with Crippen LogP contribution in [0.1, 0.15) is 38.5 Å². The number of rotatable bonds is 0. The van der Waals surface area contributed by atoms with Gasteiger partial charge in [-0.25, -0.2) is 4.68 Å². The molecule has 6 aromatic rings. The summed E-state index contributed by atoms with van der Waals surface area (Å²) in [5.41, 5.74) is 3.58. The predicted molar refractivity (Wildman–Crippen MR) is 148 cm³/mol. The maximum atomic E-state index is 4.56. The summed E-state index contributed by atoms with van der Waals surface area (Å²) in [7, 11) is 0. The molecular weight excluding hydrogens is 536 g/mol. The second-order valence-electron chi connectivity index (χ2n) is 10.1. The zero-order valence-electron chi connectivity index (χ0n) is 22.8. The Labute approximate surface area is 239 Å². The highest BCUT2D eigenvalue weighted by Gasteiger charge is 2.13. The van der Waals surface area contributed by atoms with Crippen molar-refractivity contribution in [1.29, 1.82) is 0 Å². The Bertz CT molecular complexity index is 1740. The molecule has 0 fully saturated rings. The van der Waals surface area contributed by atoms with Gasteiger partial charge in [-0.3, -0.25) is 0 Å². The Kier molecular flexibility index (Phi) is 7.14. The largest absolute Gasteiger partial charge is 0.225 e. The number of nitrogens with zero attached hydrogens (tertiary/aromatic N) is 16. The minimum Gasteiger partial charge on any atom is -0.225 e. The van der Waals surface area contributed by atoms with E-state index in [4.69, 9.17) is 0 Å². The van der Waals surface area contributed by atoms with Crippen LogP contribution in [0.2, 0.25) is 0 Å². The molecule has 16 nitrogen and oxygen atoms in total. The van der Waals surface area contributed by atoms with Gasteiger partial charge in [0.25, 0.3) is 0 Å². The van der Waals surface area contributed by atoms with E-state index >= 15 is 0 Å². The Morgan fingerprint density at radius 1 is 0.405 bits per heavy atom. The van der Waals surface area contributed by atoms with Gasteiger partial charge >= 0.3 is 0 Å². The van der Waals surface area contributed by atoms with Crippen LogP contribution >= 0.6 is 0 Å². The highest BCUT2D eigenvalue weighted by Crippen LogP contribution is 2.22. The number of fused-ring (bicyclic) bond motifs is 2. The van der Waals surface area contributed by atoms with Crippen molar-refractivity contribution < 1.29 is 0 Å². The standard InChI is InChI=1S/C26H28N16/c1-2-4-17-41-32-25(29-36-41)21-11-13-22(14-12-21)26-30-34-38-39(26)15-5-6-18-42-33-24(28-37-42)20-9-7-19(8-10-20)23-27-35-40(31-23)16-3-1/h7-14H,1-6,15-18H2. The molecule has 3 aliphatic heterocycles. The first kappa shape index (κ1) is 25.7. The van der Waals surface area contributed by atoms with Crippen LogP contribution in [0.25, 0.3) is 45.6 Å². The number of aryl methyl sites for hydroxylation is 4. The summed E-state index contributed by atoms with van der Waals surface area (Å²) in [6.45, 7) is 2.74. The predicted octanol–water partition coefficient (Wildman–Crippen LogP) is 2.35. The van der Waals surface area contributed by atoms with Gasteiger partial charge in [0.2, 0.25) is 17.5 Å². The lowest BCUT2D eigenvalue weighted by Gasteiger charge is -2.05. The summed E-state index contributed by atoms with van der Waals surface area (Å²) in [5.74, 6) is 2.48. The molecule has 4 aromatic heterocycles. The van der Waals surface area contributed by atoms with E-state index < -0.39 is 0 Å². The topological polar surface area (TPSA) is 174 Å². The van der Waals surface area contributed by atoms with Crippen LogP contribution in [0.15, 0.2) is 48.5 Å². The zero-order valence-corrected chi connectivity index (χ0v) is 22.8. The van der Waals surface area contributed by atoms with Crippen molar-refractivity contribution in [3.8, 4) is 45.6 Å². The van der Waals surface area contributed by atoms with Crippen LogP contribution in [-0.2, 0) is 26.2 Å². The van der Waals surface area contributed by atoms with Crippen molar-refractivity contribution in [3.05, 3.63) is 48.5 Å². The molecule has 0 aliphatic carbocycles. The minimum atomic E-state index is 0.575. The van der Waals surface area contributed by atoms with Crippen LogP contribution in [0.5, 0.6) is 0 Å². The van der Waals surface area contributed by atoms with Gasteiger partial charge in [-0.2, -0.15) is 14.4 Å². The molecule has 0 radical (unpaired) electrons. The first-order valence-electron chi connectivity index (χ1n) is 14.1. The van der Waals surface area contributed by atoms with E-state index in [1.54, 1.807) is 14.4 Å². The van der Waals surface area contributed by atoms with E-state index in [1.807, 2.05) is 53.2 Å². The van der Waals surface area contributed by atoms with E-state index in [2.05, 4.69) is 61.8 Å². The third-order valence-corrected chi connectivity index (χ3v) is 7.14. The number of aromatic nitrogens is 16. The third kappa shape index (κ3) is 5.63. The highest BCUT2D eigenvalue weighted by molar-refractivity contribution is 5.63. The average molecular weight is 565 g/mol. The quantitative estimate of drug-likeness (QED) is 0.264. The van der Waals surface area contributed by atoms with Gasteiger partial charge in [0.15, 0.2) is 5.82 Å². The summed E-state index contributed by atoms with van der Waals surface area (Å²) in [6.07, 6.45) is 5.70. The van der Waals surface area contributed by atoms with Crippen LogP contribution in [-0.4, -0.2) is 80.8 Å². The van der Waals surface area contributed by atoms with Crippen LogP contribution in [0.3, 0.4) is 0 Å². The summed E-state index contributed by atoms with van der Waals surface area (Å²) < 4.78 is 1.82. The highest BCUT2D eigenvalue weighted by atomic mass is 15.6. The smallest absolute Gasteiger partial charge is 0.204 e. The Hall–Kier alpha value is -5.28. The second kappa shape index (κ2) is 11.7. The maximum Gasteiger partial charge on any atom is 0.204 e. The van der Waals surface area contributed by atoms with Crippen LogP contribution in [0, 0.1) is 0 Å². The van der Waals surface area contributed by atoms with Gasteiger partial charge in [-0.05, 0) is 51.8 Å². The zero-order chi connectivity index (χ0) is 28.1. The Morgan fingerprint density at radius 2 is 0.810 bits per heavy atom. The summed E-state index contributed by atoms with van der Waals surface area (Å²) >= 11 is 0. The molecule has 3 aliphatic rings. The Morgan fingerprint density at radius 3 is 1.29 bits per heavy atom. The fourth-order valence-electron chi connectivity index (χ4n) is 4.83. The number of hydrogen-bond acceptors (Lipinski definition) is 12. The van der Waals surface area contributed by atoms with E-state index in [9.17, 15) is 0 Å². The van der Waals surface area contributed by atoms with Crippen LogP contribution < -0.4 is 0 Å². The van der Waals surface area contributed by atoms with Crippen molar-refractivity contribution in [2.45, 2.75) is 64.7 Å². The molecular formula is C26H28N16. The lowest BCUT2D eigenvalue weighted by atomic mass is 10.1. The normalized spacial score (nSPS) is 14.7. The summed E-state index contributed by atoms with van der Waals surface area (Å²) in [6, 6.07) is 15.7. The number of hydrogen-bond donors (Lipinski definition) is 0. The van der Waals surface area contributed by atoms with Gasteiger partial charge in [-0.15, -0.1) is 35.7 Å². The molecule has 7 heterocycles. The van der Waals surface area contributed by atoms with E-state index in [0.29, 0.717) is 49.5 Å². The van der Waals surface area contributed by atoms with Gasteiger partial charge in [0.1, 0.15) is 0 Å². The molecule has 2 aromatic carbocycles. The van der Waals surface area contributed by atoms with Crippen molar-refractivity contribution in [1.82, 2.24) is 80.8 Å². The Balaban J connectivity index is 1.08. The van der Waals surface area contributed by atoms with Crippen molar-refractivity contribution in [2.24, 2.45) is 0 Å². The lowest BCUT2D eigenvalue weighted by molar-refractivity contribution is 0.449. The van der Waals surface area contributed by atoms with Gasteiger partial charge in [0, 0.05) is 28.8 Å². The van der Waals surface area contributed by atoms with Gasteiger partial charge in [-0.1, -0.05) is 61.4 Å². The first-order chi connectivity index (χ1) is 20.8. The van der Waals surface area contributed by atoms with Crippen molar-refractivity contribution >= 4 is 0 Å². The van der Waals surface area contributed by atoms with Crippen LogP contribution in [0.4, 0.5) is 0 Å². The third-order valence-electron chi connectivity index (χ3n) is 7.14. The number of tetrazole rings is 4. The van der Waals surface area contributed by atoms with E-state index in [-0.39, 0.29) is 0 Å². The molecule has 0 spiro atoms. The first-order valence-corrected chi connectivity index (χ1v) is 14.1. The summed E-state index contributed by atoms with van der Waals surface area (Å²) in [4.78, 5) is 4.94. The van der Waals surface area contributed by atoms with Crippen molar-refractivity contribution in [3.63, 3.8) is 0 Å². The number of benzene rings is 2. The molecule has 0 unspecified atom stereocenters.